The molecular weight excluding hydrogens is 272 g/mol. The highest BCUT2D eigenvalue weighted by atomic mass is 16.2. The average molecular weight is 288 g/mol. The molecule has 2 aromatic rings. The number of nitrogens with two attached hydrogens (primary N) is 1. The Morgan fingerprint density at radius 1 is 1.24 bits per heavy atom. The first-order valence-corrected chi connectivity index (χ1v) is 6.85. The summed E-state index contributed by atoms with van der Waals surface area (Å²) in [5, 5.41) is 2.75. The van der Waals surface area contributed by atoms with Crippen LogP contribution in [0, 0.1) is 5.92 Å². The molecule has 5 N–H and O–H groups in total. The van der Waals surface area contributed by atoms with Gasteiger partial charge in [0.15, 0.2) is 0 Å². The molecule has 0 bridgehead atoms. The van der Waals surface area contributed by atoms with Crippen LogP contribution in [0.4, 0.5) is 5.69 Å². The van der Waals surface area contributed by atoms with Gasteiger partial charge in [0.1, 0.15) is 0 Å². The molecule has 1 unspecified atom stereocenters. The van der Waals surface area contributed by atoms with Gasteiger partial charge in [-0.25, -0.2) is 0 Å². The molecule has 1 aliphatic rings. The molecule has 0 aliphatic heterocycles. The highest BCUT2D eigenvalue weighted by Gasteiger charge is 2.29. The second-order valence-electron chi connectivity index (χ2n) is 5.42. The lowest BCUT2D eigenvalue weighted by atomic mass is 10.1. The molecule has 1 aromatic carbocycles. The molecule has 7 heteroatoms. The Hall–Kier alpha value is -2.41. The fraction of sp³-hybridized carbons (Fsp3) is 0.357. The van der Waals surface area contributed by atoms with Crippen molar-refractivity contribution in [3.63, 3.8) is 0 Å². The molecule has 1 amide bonds. The van der Waals surface area contributed by atoms with Crippen LogP contribution in [-0.2, 0) is 4.79 Å². The largest absolute Gasteiger partial charge is 0.327 e. The Kier molecular flexibility index (Phi) is 3.34. The van der Waals surface area contributed by atoms with E-state index in [1.807, 2.05) is 0 Å². The van der Waals surface area contributed by atoms with Crippen LogP contribution in [0.2, 0.25) is 0 Å². The zero-order valence-corrected chi connectivity index (χ0v) is 11.3. The van der Waals surface area contributed by atoms with E-state index in [0.29, 0.717) is 22.6 Å². The minimum atomic E-state index is -0.721. The number of carbonyl (C=O) groups is 1. The first kappa shape index (κ1) is 13.6. The molecule has 0 radical (unpaired) electrons. The molecule has 1 aromatic heterocycles. The molecular formula is C14H16N4O3. The Labute approximate surface area is 119 Å². The van der Waals surface area contributed by atoms with E-state index in [1.165, 1.54) is 0 Å². The number of nitrogens with one attached hydrogen (secondary N) is 3. The summed E-state index contributed by atoms with van der Waals surface area (Å²) in [7, 11) is 0. The number of hydrogen-bond donors (Lipinski definition) is 4. The quantitative estimate of drug-likeness (QED) is 0.604. The van der Waals surface area contributed by atoms with Gasteiger partial charge >= 0.3 is 11.1 Å². The summed E-state index contributed by atoms with van der Waals surface area (Å²) in [6, 6.07) is 4.80. The Balaban J connectivity index is 1.77. The van der Waals surface area contributed by atoms with E-state index < -0.39 is 11.1 Å². The normalized spacial score (nSPS) is 15.9. The van der Waals surface area contributed by atoms with Gasteiger partial charge in [-0.3, -0.25) is 14.4 Å². The van der Waals surface area contributed by atoms with Crippen molar-refractivity contribution in [2.45, 2.75) is 25.3 Å². The van der Waals surface area contributed by atoms with Crippen molar-refractivity contribution in [2.24, 2.45) is 11.7 Å². The molecule has 1 saturated carbocycles. The fourth-order valence-electron chi connectivity index (χ4n) is 2.31. The summed E-state index contributed by atoms with van der Waals surface area (Å²) < 4.78 is 0. The Morgan fingerprint density at radius 2 is 1.90 bits per heavy atom. The topological polar surface area (TPSA) is 121 Å². The molecule has 1 fully saturated rings. The van der Waals surface area contributed by atoms with E-state index in [2.05, 4.69) is 15.3 Å². The van der Waals surface area contributed by atoms with Crippen LogP contribution in [0.1, 0.15) is 19.3 Å². The summed E-state index contributed by atoms with van der Waals surface area (Å²) >= 11 is 0. The Morgan fingerprint density at radius 3 is 2.57 bits per heavy atom. The number of aromatic nitrogens is 2. The van der Waals surface area contributed by atoms with Crippen LogP contribution in [0.3, 0.4) is 0 Å². The maximum absolute atomic E-state index is 11.9. The molecule has 7 nitrogen and oxygen atoms in total. The van der Waals surface area contributed by atoms with Gasteiger partial charge in [0.25, 0.3) is 0 Å². The van der Waals surface area contributed by atoms with Gasteiger partial charge in [-0.1, -0.05) is 0 Å². The van der Waals surface area contributed by atoms with E-state index in [-0.39, 0.29) is 18.4 Å². The lowest BCUT2D eigenvalue weighted by molar-refractivity contribution is -0.116. The number of aromatic amines is 2. The second kappa shape index (κ2) is 5.17. The monoisotopic (exact) mass is 288 g/mol. The molecule has 1 heterocycles. The predicted octanol–water partition coefficient (Wildman–Crippen LogP) is 0.282. The van der Waals surface area contributed by atoms with Crippen molar-refractivity contribution < 1.29 is 4.79 Å². The van der Waals surface area contributed by atoms with Crippen LogP contribution < -0.4 is 22.2 Å². The van der Waals surface area contributed by atoms with Gasteiger partial charge in [0.05, 0.1) is 11.0 Å². The summed E-state index contributed by atoms with van der Waals surface area (Å²) in [5.41, 5.74) is 6.02. The lowest BCUT2D eigenvalue weighted by Gasteiger charge is -2.10. The van der Waals surface area contributed by atoms with E-state index in [9.17, 15) is 14.4 Å². The number of benzene rings is 1. The zero-order valence-electron chi connectivity index (χ0n) is 11.3. The van der Waals surface area contributed by atoms with Gasteiger partial charge in [0, 0.05) is 18.2 Å². The van der Waals surface area contributed by atoms with Crippen molar-refractivity contribution in [1.29, 1.82) is 0 Å². The van der Waals surface area contributed by atoms with Gasteiger partial charge in [-0.15, -0.1) is 0 Å². The van der Waals surface area contributed by atoms with Gasteiger partial charge in [0.2, 0.25) is 5.91 Å². The van der Waals surface area contributed by atoms with E-state index >= 15 is 0 Å². The highest BCUT2D eigenvalue weighted by Crippen LogP contribution is 2.32. The highest BCUT2D eigenvalue weighted by molar-refractivity contribution is 5.93. The van der Waals surface area contributed by atoms with Crippen LogP contribution in [0.5, 0.6) is 0 Å². The van der Waals surface area contributed by atoms with Crippen molar-refractivity contribution >= 4 is 22.6 Å². The number of rotatable bonds is 4. The zero-order chi connectivity index (χ0) is 15.0. The van der Waals surface area contributed by atoms with Gasteiger partial charge in [-0.2, -0.15) is 0 Å². The van der Waals surface area contributed by atoms with E-state index in [4.69, 9.17) is 5.73 Å². The molecule has 0 spiro atoms. The van der Waals surface area contributed by atoms with Gasteiger partial charge in [-0.05, 0) is 37.0 Å². The molecule has 110 valence electrons. The van der Waals surface area contributed by atoms with E-state index in [1.54, 1.807) is 18.2 Å². The third kappa shape index (κ3) is 3.03. The SMILES string of the molecule is NC(CC(=O)Nc1ccc2[nH]c(=O)c(=O)[nH]c2c1)C1CC1. The number of fused-ring (bicyclic) bond motifs is 1. The first-order valence-electron chi connectivity index (χ1n) is 6.85. The van der Waals surface area contributed by atoms with Crippen LogP contribution >= 0.6 is 0 Å². The summed E-state index contributed by atoms with van der Waals surface area (Å²) in [5.74, 6) is 0.314. The lowest BCUT2D eigenvalue weighted by Crippen LogP contribution is -2.29. The number of hydrogen-bond acceptors (Lipinski definition) is 4. The smallest absolute Gasteiger partial charge is 0.314 e. The molecule has 21 heavy (non-hydrogen) atoms. The van der Waals surface area contributed by atoms with E-state index in [0.717, 1.165) is 12.8 Å². The van der Waals surface area contributed by atoms with Gasteiger partial charge < -0.3 is 21.0 Å². The third-order valence-corrected chi connectivity index (χ3v) is 3.65. The summed E-state index contributed by atoms with van der Waals surface area (Å²) in [6.45, 7) is 0. The van der Waals surface area contributed by atoms with Crippen LogP contribution in [0.15, 0.2) is 27.8 Å². The van der Waals surface area contributed by atoms with Crippen LogP contribution in [-0.4, -0.2) is 21.9 Å². The first-order chi connectivity index (χ1) is 10.0. The minimum Gasteiger partial charge on any atom is -0.327 e. The van der Waals surface area contributed by atoms with Crippen molar-refractivity contribution in [3.8, 4) is 0 Å². The Bertz CT molecular complexity index is 804. The number of anilines is 1. The standard InChI is InChI=1S/C14H16N4O3/c15-9(7-1-2-7)6-12(19)16-8-3-4-10-11(5-8)18-14(21)13(20)17-10/h3-5,7,9H,1-2,6,15H2,(H,16,19)(H,17,20)(H,18,21). The second-order valence-corrected chi connectivity index (χ2v) is 5.42. The maximum atomic E-state index is 11.9. The number of H-pyrrole nitrogens is 2. The summed E-state index contributed by atoms with van der Waals surface area (Å²) in [4.78, 5) is 39.3. The molecule has 0 saturated heterocycles. The minimum absolute atomic E-state index is 0.0957. The molecule has 1 atom stereocenters. The average Bonchev–Trinajstić information content (AvgIpc) is 3.24. The molecule has 3 rings (SSSR count). The maximum Gasteiger partial charge on any atom is 0.314 e. The summed E-state index contributed by atoms with van der Waals surface area (Å²) in [6.07, 6.45) is 2.48. The number of carbonyl (C=O) groups excluding carboxylic acids is 1. The third-order valence-electron chi connectivity index (χ3n) is 3.65. The number of amides is 1. The predicted molar refractivity (Wildman–Crippen MR) is 79.1 cm³/mol. The molecule has 1 aliphatic carbocycles. The van der Waals surface area contributed by atoms with Crippen molar-refractivity contribution in [3.05, 3.63) is 38.9 Å². The fourth-order valence-corrected chi connectivity index (χ4v) is 2.31. The van der Waals surface area contributed by atoms with Crippen LogP contribution in [0.25, 0.3) is 11.0 Å². The van der Waals surface area contributed by atoms with Crippen molar-refractivity contribution in [2.75, 3.05) is 5.32 Å². The van der Waals surface area contributed by atoms with Crippen molar-refractivity contribution in [1.82, 2.24) is 9.97 Å².